The number of carbonyl (C=O) groups excluding carboxylic acids is 2. The van der Waals surface area contributed by atoms with Crippen LogP contribution in [0, 0.1) is 17.8 Å². The smallest absolute Gasteiger partial charge is 0.311 e. The SMILES string of the molecule is O=C(CC1CC2CCC1C2)Oc1ccc(N2CCCC2=O)cc1. The highest BCUT2D eigenvalue weighted by molar-refractivity contribution is 5.95. The highest BCUT2D eigenvalue weighted by Gasteiger charge is 2.40. The molecule has 1 saturated heterocycles. The van der Waals surface area contributed by atoms with Crippen molar-refractivity contribution in [1.29, 1.82) is 0 Å². The van der Waals surface area contributed by atoms with Gasteiger partial charge in [-0.3, -0.25) is 9.59 Å². The van der Waals surface area contributed by atoms with Gasteiger partial charge in [-0.1, -0.05) is 6.42 Å². The van der Waals surface area contributed by atoms with E-state index in [1.54, 1.807) is 17.0 Å². The van der Waals surface area contributed by atoms with Crippen LogP contribution in [0.5, 0.6) is 5.75 Å². The molecule has 3 fully saturated rings. The van der Waals surface area contributed by atoms with Crippen molar-refractivity contribution in [2.45, 2.75) is 44.9 Å². The lowest BCUT2D eigenvalue weighted by atomic mass is 9.86. The summed E-state index contributed by atoms with van der Waals surface area (Å²) < 4.78 is 5.49. The number of benzene rings is 1. The maximum atomic E-state index is 12.2. The van der Waals surface area contributed by atoms with Gasteiger partial charge in [-0.05, 0) is 67.7 Å². The number of amides is 1. The molecule has 4 heteroatoms. The van der Waals surface area contributed by atoms with E-state index < -0.39 is 0 Å². The zero-order valence-corrected chi connectivity index (χ0v) is 13.4. The van der Waals surface area contributed by atoms with E-state index in [0.29, 0.717) is 24.5 Å². The van der Waals surface area contributed by atoms with E-state index in [0.717, 1.165) is 30.5 Å². The van der Waals surface area contributed by atoms with Crippen LogP contribution in [-0.4, -0.2) is 18.4 Å². The number of carbonyl (C=O) groups is 2. The number of fused-ring (bicyclic) bond motifs is 2. The first-order valence-electron chi connectivity index (χ1n) is 8.80. The summed E-state index contributed by atoms with van der Waals surface area (Å²) in [5.41, 5.74) is 0.889. The van der Waals surface area contributed by atoms with E-state index in [1.165, 1.54) is 25.7 Å². The first-order chi connectivity index (χ1) is 11.2. The number of ether oxygens (including phenoxy) is 1. The number of esters is 1. The molecule has 3 aliphatic rings. The quantitative estimate of drug-likeness (QED) is 0.631. The lowest BCUT2D eigenvalue weighted by Gasteiger charge is -2.20. The molecule has 3 atom stereocenters. The summed E-state index contributed by atoms with van der Waals surface area (Å²) in [6.07, 6.45) is 7.26. The Morgan fingerprint density at radius 1 is 1.17 bits per heavy atom. The summed E-state index contributed by atoms with van der Waals surface area (Å²) in [5, 5.41) is 0. The normalized spacial score (nSPS) is 29.3. The van der Waals surface area contributed by atoms with Gasteiger partial charge < -0.3 is 9.64 Å². The van der Waals surface area contributed by atoms with E-state index in [4.69, 9.17) is 4.74 Å². The third-order valence-corrected chi connectivity index (χ3v) is 5.77. The van der Waals surface area contributed by atoms with E-state index in [2.05, 4.69) is 0 Å². The molecule has 1 aromatic rings. The summed E-state index contributed by atoms with van der Waals surface area (Å²) in [5.74, 6) is 2.76. The molecule has 4 nitrogen and oxygen atoms in total. The lowest BCUT2D eigenvalue weighted by molar-refractivity contribution is -0.135. The number of anilines is 1. The predicted molar refractivity (Wildman–Crippen MR) is 87.2 cm³/mol. The van der Waals surface area contributed by atoms with Crippen LogP contribution in [0.3, 0.4) is 0 Å². The molecule has 1 aliphatic heterocycles. The minimum Gasteiger partial charge on any atom is -0.427 e. The Hall–Kier alpha value is -1.84. The maximum absolute atomic E-state index is 12.2. The third kappa shape index (κ3) is 2.99. The summed E-state index contributed by atoms with van der Waals surface area (Å²) in [6, 6.07) is 7.31. The first-order valence-corrected chi connectivity index (χ1v) is 8.80. The molecular formula is C19H23NO3. The van der Waals surface area contributed by atoms with Crippen molar-refractivity contribution in [1.82, 2.24) is 0 Å². The van der Waals surface area contributed by atoms with Crippen molar-refractivity contribution in [3.05, 3.63) is 24.3 Å². The molecule has 3 unspecified atom stereocenters. The lowest BCUT2D eigenvalue weighted by Crippen LogP contribution is -2.23. The van der Waals surface area contributed by atoms with Crippen molar-refractivity contribution in [3.63, 3.8) is 0 Å². The van der Waals surface area contributed by atoms with Crippen molar-refractivity contribution >= 4 is 17.6 Å². The second kappa shape index (κ2) is 5.99. The fourth-order valence-corrected chi connectivity index (χ4v) is 4.63. The van der Waals surface area contributed by atoms with E-state index in [9.17, 15) is 9.59 Å². The van der Waals surface area contributed by atoms with Crippen LogP contribution in [-0.2, 0) is 9.59 Å². The second-order valence-corrected chi connectivity index (χ2v) is 7.26. The van der Waals surface area contributed by atoms with E-state index in [-0.39, 0.29) is 11.9 Å². The Bertz CT molecular complexity index is 610. The van der Waals surface area contributed by atoms with E-state index >= 15 is 0 Å². The molecule has 1 heterocycles. The Labute approximate surface area is 136 Å². The third-order valence-electron chi connectivity index (χ3n) is 5.77. The standard InChI is InChI=1S/C19H23NO3/c21-18-2-1-9-20(18)16-5-7-17(8-6-16)23-19(22)12-15-11-13-3-4-14(15)10-13/h5-8,13-15H,1-4,9-12H2. The van der Waals surface area contributed by atoms with Gasteiger partial charge in [-0.15, -0.1) is 0 Å². The van der Waals surface area contributed by atoms with Crippen molar-refractivity contribution in [2.24, 2.45) is 17.8 Å². The van der Waals surface area contributed by atoms with Crippen molar-refractivity contribution < 1.29 is 14.3 Å². The molecule has 0 radical (unpaired) electrons. The predicted octanol–water partition coefficient (Wildman–Crippen LogP) is 3.55. The number of hydrogen-bond acceptors (Lipinski definition) is 3. The Morgan fingerprint density at radius 2 is 2.00 bits per heavy atom. The summed E-state index contributed by atoms with van der Waals surface area (Å²) in [6.45, 7) is 0.780. The van der Waals surface area contributed by atoms with Crippen LogP contribution in [0.15, 0.2) is 24.3 Å². The van der Waals surface area contributed by atoms with Crippen LogP contribution in [0.2, 0.25) is 0 Å². The van der Waals surface area contributed by atoms with Gasteiger partial charge in [0.25, 0.3) is 0 Å². The van der Waals surface area contributed by atoms with Crippen LogP contribution >= 0.6 is 0 Å². The minimum absolute atomic E-state index is 0.118. The molecule has 23 heavy (non-hydrogen) atoms. The summed E-state index contributed by atoms with van der Waals surface area (Å²) in [4.78, 5) is 25.7. The van der Waals surface area contributed by atoms with Crippen LogP contribution < -0.4 is 9.64 Å². The molecule has 4 rings (SSSR count). The Morgan fingerprint density at radius 3 is 2.61 bits per heavy atom. The number of nitrogens with zero attached hydrogens (tertiary/aromatic N) is 1. The zero-order chi connectivity index (χ0) is 15.8. The Balaban J connectivity index is 1.33. The molecule has 0 spiro atoms. The van der Waals surface area contributed by atoms with Gasteiger partial charge >= 0.3 is 5.97 Å². The average Bonchev–Trinajstić information content (AvgIpc) is 3.25. The van der Waals surface area contributed by atoms with Gasteiger partial charge in [0.2, 0.25) is 5.91 Å². The van der Waals surface area contributed by atoms with Gasteiger partial charge in [-0.25, -0.2) is 0 Å². The molecule has 2 aliphatic carbocycles. The summed E-state index contributed by atoms with van der Waals surface area (Å²) in [7, 11) is 0. The molecule has 1 aromatic carbocycles. The van der Waals surface area contributed by atoms with Gasteiger partial charge in [0, 0.05) is 25.1 Å². The molecule has 0 aromatic heterocycles. The monoisotopic (exact) mass is 313 g/mol. The molecule has 2 bridgehead atoms. The summed E-state index contributed by atoms with van der Waals surface area (Å²) >= 11 is 0. The molecule has 122 valence electrons. The highest BCUT2D eigenvalue weighted by atomic mass is 16.5. The van der Waals surface area contributed by atoms with Gasteiger partial charge in [0.05, 0.1) is 0 Å². The largest absolute Gasteiger partial charge is 0.427 e. The molecule has 0 N–H and O–H groups in total. The Kier molecular flexibility index (Phi) is 3.83. The number of hydrogen-bond donors (Lipinski definition) is 0. The first kappa shape index (κ1) is 14.7. The second-order valence-electron chi connectivity index (χ2n) is 7.26. The highest BCUT2D eigenvalue weighted by Crippen LogP contribution is 2.49. The van der Waals surface area contributed by atoms with Crippen molar-refractivity contribution in [3.8, 4) is 5.75 Å². The molecule has 2 saturated carbocycles. The molecule has 1 amide bonds. The fraction of sp³-hybridized carbons (Fsp3) is 0.579. The molecular weight excluding hydrogens is 290 g/mol. The van der Waals surface area contributed by atoms with Crippen LogP contribution in [0.4, 0.5) is 5.69 Å². The van der Waals surface area contributed by atoms with Gasteiger partial charge in [-0.2, -0.15) is 0 Å². The van der Waals surface area contributed by atoms with E-state index in [1.807, 2.05) is 12.1 Å². The van der Waals surface area contributed by atoms with Crippen molar-refractivity contribution in [2.75, 3.05) is 11.4 Å². The number of rotatable bonds is 4. The van der Waals surface area contributed by atoms with Gasteiger partial charge in [0.15, 0.2) is 0 Å². The maximum Gasteiger partial charge on any atom is 0.311 e. The minimum atomic E-state index is -0.118. The average molecular weight is 313 g/mol. The zero-order valence-electron chi connectivity index (χ0n) is 13.4. The van der Waals surface area contributed by atoms with Crippen LogP contribution in [0.1, 0.15) is 44.9 Å². The topological polar surface area (TPSA) is 46.6 Å². The van der Waals surface area contributed by atoms with Gasteiger partial charge in [0.1, 0.15) is 5.75 Å². The van der Waals surface area contributed by atoms with Crippen LogP contribution in [0.25, 0.3) is 0 Å². The fourth-order valence-electron chi connectivity index (χ4n) is 4.63.